The Morgan fingerprint density at radius 1 is 1.45 bits per heavy atom. The summed E-state index contributed by atoms with van der Waals surface area (Å²) in [4.78, 5) is 10.7. The normalized spacial score (nSPS) is 18.4. The molecule has 0 aromatic rings. The zero-order valence-electron chi connectivity index (χ0n) is 5.38. The van der Waals surface area contributed by atoms with Crippen LogP contribution in [0.25, 0.3) is 0 Å². The highest BCUT2D eigenvalue weighted by molar-refractivity contribution is 6.03. The lowest BCUT2D eigenvalue weighted by atomic mass is 10.5. The van der Waals surface area contributed by atoms with Crippen LogP contribution in [0.15, 0.2) is 5.10 Å². The molecule has 0 aromatic carbocycles. The Kier molecular flexibility index (Phi) is 1.50. The first-order valence-electron chi connectivity index (χ1n) is 2.56. The van der Waals surface area contributed by atoms with Crippen LogP contribution in [0.4, 0.5) is 18.0 Å². The molecule has 7 heteroatoms. The highest BCUT2D eigenvalue weighted by Crippen LogP contribution is 2.21. The highest BCUT2D eigenvalue weighted by atomic mass is 19.4. The molecule has 1 aliphatic heterocycles. The number of hydrogen-bond acceptors (Lipinski definition) is 2. The third kappa shape index (κ3) is 1.26. The molecule has 1 radical (unpaired) electrons. The van der Waals surface area contributed by atoms with Gasteiger partial charge in [0.05, 0.1) is 0 Å². The molecule has 0 spiro atoms. The zero-order chi connectivity index (χ0) is 8.65. The first-order valence-corrected chi connectivity index (χ1v) is 2.56. The van der Waals surface area contributed by atoms with Crippen molar-refractivity contribution in [1.29, 1.82) is 0 Å². The molecule has 0 saturated carbocycles. The van der Waals surface area contributed by atoms with Crippen LogP contribution in [0.2, 0.25) is 0 Å². The standard InChI is InChI=1S/C4H3F3N3O/c1-10-2(4(5,6)7)8-9-3(10)11/h1H3. The Morgan fingerprint density at radius 2 is 2.00 bits per heavy atom. The predicted octanol–water partition coefficient (Wildman–Crippen LogP) is 0.532. The summed E-state index contributed by atoms with van der Waals surface area (Å²) < 4.78 is 35.4. The second kappa shape index (κ2) is 2.11. The second-order valence-corrected chi connectivity index (χ2v) is 1.86. The van der Waals surface area contributed by atoms with E-state index in [4.69, 9.17) is 0 Å². The van der Waals surface area contributed by atoms with Gasteiger partial charge in [0.1, 0.15) is 0 Å². The molecule has 0 atom stereocenters. The molecular weight excluding hydrogens is 163 g/mol. The maximum atomic E-state index is 11.8. The average Bonchev–Trinajstić information content (AvgIpc) is 2.11. The Labute approximate surface area is 59.7 Å². The number of amidine groups is 1. The van der Waals surface area contributed by atoms with E-state index in [0.29, 0.717) is 4.90 Å². The van der Waals surface area contributed by atoms with E-state index < -0.39 is 18.0 Å². The first kappa shape index (κ1) is 7.83. The van der Waals surface area contributed by atoms with Gasteiger partial charge >= 0.3 is 12.2 Å². The number of alkyl halides is 3. The Bertz CT molecular complexity index is 221. The molecule has 11 heavy (non-hydrogen) atoms. The van der Waals surface area contributed by atoms with Crippen LogP contribution >= 0.6 is 0 Å². The number of carbonyl (C=O) groups excluding carboxylic acids is 1. The van der Waals surface area contributed by atoms with Crippen LogP contribution in [0.5, 0.6) is 0 Å². The molecule has 1 aliphatic rings. The van der Waals surface area contributed by atoms with Crippen LogP contribution < -0.4 is 5.43 Å². The number of halogens is 3. The SMILES string of the molecule is CN1C(=O)[N]N=C1C(F)(F)F. The molecule has 0 fully saturated rings. The summed E-state index contributed by atoms with van der Waals surface area (Å²) in [6, 6.07) is -1.00. The van der Waals surface area contributed by atoms with Gasteiger partial charge in [-0.3, -0.25) is 4.90 Å². The fraction of sp³-hybridized carbons (Fsp3) is 0.500. The second-order valence-electron chi connectivity index (χ2n) is 1.86. The van der Waals surface area contributed by atoms with E-state index >= 15 is 0 Å². The summed E-state index contributed by atoms with van der Waals surface area (Å²) in [6.07, 6.45) is -4.61. The monoisotopic (exact) mass is 166 g/mol. The fourth-order valence-corrected chi connectivity index (χ4v) is 0.562. The third-order valence-electron chi connectivity index (χ3n) is 1.09. The van der Waals surface area contributed by atoms with Gasteiger partial charge in [0.25, 0.3) is 0 Å². The summed E-state index contributed by atoms with van der Waals surface area (Å²) in [5, 5.41) is 2.66. The molecule has 0 unspecified atom stereocenters. The van der Waals surface area contributed by atoms with Crippen molar-refractivity contribution in [3.05, 3.63) is 0 Å². The molecule has 0 aromatic heterocycles. The van der Waals surface area contributed by atoms with Gasteiger partial charge in [-0.25, -0.2) is 4.79 Å². The van der Waals surface area contributed by atoms with Crippen molar-refractivity contribution in [1.82, 2.24) is 10.3 Å². The van der Waals surface area contributed by atoms with Gasteiger partial charge < -0.3 is 0 Å². The average molecular weight is 166 g/mol. The van der Waals surface area contributed by atoms with Crippen LogP contribution in [0.1, 0.15) is 0 Å². The summed E-state index contributed by atoms with van der Waals surface area (Å²) >= 11 is 0. The quantitative estimate of drug-likeness (QED) is 0.517. The zero-order valence-corrected chi connectivity index (χ0v) is 5.38. The molecule has 0 saturated heterocycles. The predicted molar refractivity (Wildman–Crippen MR) is 28.8 cm³/mol. The summed E-state index contributed by atoms with van der Waals surface area (Å²) in [5.41, 5.74) is 2.72. The molecule has 0 N–H and O–H groups in total. The molecule has 1 heterocycles. The molecule has 0 aliphatic carbocycles. The third-order valence-corrected chi connectivity index (χ3v) is 1.09. The van der Waals surface area contributed by atoms with Gasteiger partial charge in [-0.1, -0.05) is 5.43 Å². The van der Waals surface area contributed by atoms with Crippen molar-refractivity contribution in [2.45, 2.75) is 6.18 Å². The van der Waals surface area contributed by atoms with Gasteiger partial charge in [0, 0.05) is 7.05 Å². The Morgan fingerprint density at radius 3 is 2.18 bits per heavy atom. The van der Waals surface area contributed by atoms with E-state index in [1.165, 1.54) is 0 Å². The van der Waals surface area contributed by atoms with Crippen LogP contribution in [0.3, 0.4) is 0 Å². The number of urea groups is 1. The molecule has 61 valence electrons. The Hall–Kier alpha value is -1.27. The van der Waals surface area contributed by atoms with Gasteiger partial charge in [-0.2, -0.15) is 13.2 Å². The van der Waals surface area contributed by atoms with Crippen LogP contribution in [-0.2, 0) is 0 Å². The number of carbonyl (C=O) groups is 1. The van der Waals surface area contributed by atoms with E-state index in [9.17, 15) is 18.0 Å². The maximum absolute atomic E-state index is 11.8. The van der Waals surface area contributed by atoms with Gasteiger partial charge in [0.15, 0.2) is 0 Å². The minimum absolute atomic E-state index is 0.347. The maximum Gasteiger partial charge on any atom is 0.451 e. The van der Waals surface area contributed by atoms with E-state index in [2.05, 4.69) is 10.5 Å². The van der Waals surface area contributed by atoms with E-state index in [-0.39, 0.29) is 0 Å². The Balaban J connectivity index is 2.84. The summed E-state index contributed by atoms with van der Waals surface area (Å²) in [5.74, 6) is -1.28. The molecule has 4 nitrogen and oxygen atoms in total. The van der Waals surface area contributed by atoms with Crippen molar-refractivity contribution in [2.24, 2.45) is 5.10 Å². The number of hydrogen-bond donors (Lipinski definition) is 0. The first-order chi connectivity index (χ1) is 4.93. The topological polar surface area (TPSA) is 46.8 Å². The highest BCUT2D eigenvalue weighted by Gasteiger charge is 2.44. The van der Waals surface area contributed by atoms with Crippen molar-refractivity contribution in [2.75, 3.05) is 7.05 Å². The summed E-state index contributed by atoms with van der Waals surface area (Å²) in [7, 11) is 0.963. The number of nitrogens with zero attached hydrogens (tertiary/aromatic N) is 3. The molecule has 2 amide bonds. The number of amides is 2. The fourth-order valence-electron chi connectivity index (χ4n) is 0.562. The van der Waals surface area contributed by atoms with Crippen molar-refractivity contribution >= 4 is 11.9 Å². The lowest BCUT2D eigenvalue weighted by molar-refractivity contribution is -0.0652. The van der Waals surface area contributed by atoms with Crippen LogP contribution in [0, 0.1) is 0 Å². The minimum atomic E-state index is -4.61. The molecular formula is C4H3F3N3O. The number of rotatable bonds is 0. The van der Waals surface area contributed by atoms with Crippen molar-refractivity contribution < 1.29 is 18.0 Å². The largest absolute Gasteiger partial charge is 0.451 e. The minimum Gasteiger partial charge on any atom is -0.273 e. The smallest absolute Gasteiger partial charge is 0.273 e. The van der Waals surface area contributed by atoms with Crippen molar-refractivity contribution in [3.63, 3.8) is 0 Å². The van der Waals surface area contributed by atoms with Gasteiger partial charge in [-0.05, 0) is 0 Å². The lowest BCUT2D eigenvalue weighted by Gasteiger charge is -2.11. The van der Waals surface area contributed by atoms with E-state index in [1.54, 1.807) is 0 Å². The molecule has 1 rings (SSSR count). The molecule has 0 bridgehead atoms. The van der Waals surface area contributed by atoms with Gasteiger partial charge in [0.2, 0.25) is 5.84 Å². The van der Waals surface area contributed by atoms with Crippen molar-refractivity contribution in [3.8, 4) is 0 Å². The van der Waals surface area contributed by atoms with E-state index in [1.807, 2.05) is 0 Å². The van der Waals surface area contributed by atoms with Gasteiger partial charge in [-0.15, -0.1) is 5.10 Å². The summed E-state index contributed by atoms with van der Waals surface area (Å²) in [6.45, 7) is 0. The lowest BCUT2D eigenvalue weighted by Crippen LogP contribution is -2.37. The van der Waals surface area contributed by atoms with E-state index in [0.717, 1.165) is 7.05 Å². The van der Waals surface area contributed by atoms with Crippen LogP contribution in [-0.4, -0.2) is 30.0 Å².